The maximum Gasteiger partial charge on any atom is 0.343 e. The van der Waals surface area contributed by atoms with Crippen LogP contribution in [0.1, 0.15) is 26.3 Å². The lowest BCUT2D eigenvalue weighted by Crippen LogP contribution is -2.34. The summed E-state index contributed by atoms with van der Waals surface area (Å²) in [6.45, 7) is -0.236. The van der Waals surface area contributed by atoms with E-state index in [1.165, 1.54) is 19.4 Å². The lowest BCUT2D eigenvalue weighted by molar-refractivity contribution is -0.120. The van der Waals surface area contributed by atoms with Crippen molar-refractivity contribution in [3.63, 3.8) is 0 Å². The Morgan fingerprint density at radius 1 is 0.939 bits per heavy atom. The summed E-state index contributed by atoms with van der Waals surface area (Å²) in [5.41, 5.74) is 3.74. The van der Waals surface area contributed by atoms with Gasteiger partial charge >= 0.3 is 5.97 Å². The molecule has 3 aromatic rings. The van der Waals surface area contributed by atoms with Crippen molar-refractivity contribution < 1.29 is 23.9 Å². The van der Waals surface area contributed by atoms with Gasteiger partial charge in [0.05, 0.1) is 25.4 Å². The first-order valence-electron chi connectivity index (χ1n) is 9.76. The summed E-state index contributed by atoms with van der Waals surface area (Å²) < 4.78 is 10.3. The zero-order valence-electron chi connectivity index (χ0n) is 17.6. The van der Waals surface area contributed by atoms with Crippen molar-refractivity contribution in [2.75, 3.05) is 13.7 Å². The van der Waals surface area contributed by atoms with E-state index in [-0.39, 0.29) is 12.5 Å². The second kappa shape index (κ2) is 11.4. The van der Waals surface area contributed by atoms with Gasteiger partial charge in [-0.3, -0.25) is 9.59 Å². The van der Waals surface area contributed by atoms with Gasteiger partial charge in [0, 0.05) is 10.6 Å². The highest BCUT2D eigenvalue weighted by Gasteiger charge is 2.09. The lowest BCUT2D eigenvalue weighted by atomic mass is 10.2. The Bertz CT molecular complexity index is 1160. The first-order chi connectivity index (χ1) is 15.9. The molecule has 2 N–H and O–H groups in total. The number of hydrazone groups is 1. The monoisotopic (exact) mass is 465 g/mol. The molecule has 0 heterocycles. The maximum absolute atomic E-state index is 12.1. The van der Waals surface area contributed by atoms with E-state index in [1.54, 1.807) is 66.7 Å². The fourth-order valence-corrected chi connectivity index (χ4v) is 2.82. The van der Waals surface area contributed by atoms with Gasteiger partial charge in [0.15, 0.2) is 0 Å². The minimum atomic E-state index is -0.525. The summed E-state index contributed by atoms with van der Waals surface area (Å²) in [7, 11) is 1.53. The smallest absolute Gasteiger partial charge is 0.343 e. The van der Waals surface area contributed by atoms with Crippen LogP contribution in [0.4, 0.5) is 0 Å². The van der Waals surface area contributed by atoms with Crippen LogP contribution in [0.25, 0.3) is 0 Å². The number of carbonyl (C=O) groups excluding carboxylic acids is 3. The number of amides is 2. The van der Waals surface area contributed by atoms with Gasteiger partial charge in [-0.2, -0.15) is 5.10 Å². The molecule has 2 amide bonds. The number of benzene rings is 3. The van der Waals surface area contributed by atoms with E-state index in [2.05, 4.69) is 15.8 Å². The molecule has 0 unspecified atom stereocenters. The van der Waals surface area contributed by atoms with Crippen molar-refractivity contribution in [2.24, 2.45) is 5.10 Å². The van der Waals surface area contributed by atoms with Crippen LogP contribution < -0.4 is 20.2 Å². The summed E-state index contributed by atoms with van der Waals surface area (Å²) >= 11 is 5.88. The number of carbonyl (C=O) groups is 3. The molecule has 0 atom stereocenters. The molecular weight excluding hydrogens is 446 g/mol. The van der Waals surface area contributed by atoms with Crippen LogP contribution in [0.15, 0.2) is 77.9 Å². The number of hydrogen-bond acceptors (Lipinski definition) is 6. The van der Waals surface area contributed by atoms with Gasteiger partial charge in [-0.15, -0.1) is 0 Å². The predicted octanol–water partition coefficient (Wildman–Crippen LogP) is 3.45. The minimum Gasteiger partial charge on any atom is -0.497 e. The standard InChI is InChI=1S/C24H20ClN3O5/c1-32-20-11-7-17(8-12-20)23(30)26-15-22(29)28-27-14-16-5-9-21(10-6-16)33-24(31)18-3-2-4-19(25)13-18/h2-14H,15H2,1H3,(H,26,30)(H,28,29)/b27-14-. The number of esters is 1. The average Bonchev–Trinajstić information content (AvgIpc) is 2.83. The lowest BCUT2D eigenvalue weighted by Gasteiger charge is -2.06. The number of ether oxygens (including phenoxy) is 2. The molecular formula is C24H20ClN3O5. The van der Waals surface area contributed by atoms with Gasteiger partial charge < -0.3 is 14.8 Å². The number of hydrogen-bond donors (Lipinski definition) is 2. The molecule has 0 aromatic heterocycles. The molecule has 0 saturated heterocycles. The Morgan fingerprint density at radius 3 is 2.30 bits per heavy atom. The van der Waals surface area contributed by atoms with Gasteiger partial charge in [0.25, 0.3) is 11.8 Å². The SMILES string of the molecule is COc1ccc(C(=O)NCC(=O)N/N=C\c2ccc(OC(=O)c3cccc(Cl)c3)cc2)cc1. The summed E-state index contributed by atoms with van der Waals surface area (Å²) in [6.07, 6.45) is 1.42. The quantitative estimate of drug-likeness (QED) is 0.229. The van der Waals surface area contributed by atoms with Crippen LogP contribution >= 0.6 is 11.6 Å². The zero-order valence-corrected chi connectivity index (χ0v) is 18.3. The Balaban J connectivity index is 1.44. The van der Waals surface area contributed by atoms with E-state index in [0.717, 1.165) is 0 Å². The third-order valence-electron chi connectivity index (χ3n) is 4.32. The highest BCUT2D eigenvalue weighted by atomic mass is 35.5. The van der Waals surface area contributed by atoms with E-state index in [1.807, 2.05) is 0 Å². The molecule has 0 saturated carbocycles. The summed E-state index contributed by atoms with van der Waals surface area (Å²) in [6, 6.07) is 19.5. The molecule has 3 aromatic carbocycles. The van der Waals surface area contributed by atoms with Crippen molar-refractivity contribution in [3.05, 3.63) is 94.5 Å². The first-order valence-corrected chi connectivity index (χ1v) is 10.1. The molecule has 9 heteroatoms. The number of methoxy groups -OCH3 is 1. The molecule has 0 aliphatic carbocycles. The van der Waals surface area contributed by atoms with E-state index in [0.29, 0.717) is 33.2 Å². The number of rotatable bonds is 8. The molecule has 0 spiro atoms. The summed E-state index contributed by atoms with van der Waals surface area (Å²) in [5, 5.41) is 6.80. The van der Waals surface area contributed by atoms with Crippen molar-refractivity contribution in [1.82, 2.24) is 10.7 Å². The van der Waals surface area contributed by atoms with Gasteiger partial charge in [0.2, 0.25) is 0 Å². The molecule has 0 aliphatic heterocycles. The number of halogens is 1. The third-order valence-corrected chi connectivity index (χ3v) is 4.55. The number of nitrogens with one attached hydrogen (secondary N) is 2. The molecule has 0 fully saturated rings. The molecule has 0 bridgehead atoms. The second-order valence-electron chi connectivity index (χ2n) is 6.67. The van der Waals surface area contributed by atoms with Crippen LogP contribution in [0, 0.1) is 0 Å². The summed E-state index contributed by atoms with van der Waals surface area (Å²) in [4.78, 5) is 36.1. The third kappa shape index (κ3) is 7.19. The Morgan fingerprint density at radius 2 is 1.64 bits per heavy atom. The summed E-state index contributed by atoms with van der Waals surface area (Å²) in [5.74, 6) is -0.420. The maximum atomic E-state index is 12.1. The van der Waals surface area contributed by atoms with Crippen molar-refractivity contribution in [2.45, 2.75) is 0 Å². The van der Waals surface area contributed by atoms with Crippen LogP contribution in [0.3, 0.4) is 0 Å². The Kier molecular flexibility index (Phi) is 8.15. The zero-order chi connectivity index (χ0) is 23.6. The highest BCUT2D eigenvalue weighted by Crippen LogP contribution is 2.16. The van der Waals surface area contributed by atoms with Crippen LogP contribution in [-0.2, 0) is 4.79 Å². The van der Waals surface area contributed by atoms with E-state index < -0.39 is 11.9 Å². The molecule has 33 heavy (non-hydrogen) atoms. The molecule has 0 aliphatic rings. The molecule has 3 rings (SSSR count). The van der Waals surface area contributed by atoms with E-state index in [9.17, 15) is 14.4 Å². The predicted molar refractivity (Wildman–Crippen MR) is 124 cm³/mol. The van der Waals surface area contributed by atoms with Gasteiger partial charge in [-0.05, 0) is 72.3 Å². The highest BCUT2D eigenvalue weighted by molar-refractivity contribution is 6.30. The van der Waals surface area contributed by atoms with E-state index >= 15 is 0 Å². The van der Waals surface area contributed by atoms with Crippen molar-refractivity contribution in [1.29, 1.82) is 0 Å². The van der Waals surface area contributed by atoms with Gasteiger partial charge in [-0.1, -0.05) is 17.7 Å². The normalized spacial score (nSPS) is 10.5. The number of nitrogens with zero attached hydrogens (tertiary/aromatic N) is 1. The Labute approximate surface area is 195 Å². The van der Waals surface area contributed by atoms with E-state index in [4.69, 9.17) is 21.1 Å². The second-order valence-corrected chi connectivity index (χ2v) is 7.11. The van der Waals surface area contributed by atoms with Crippen LogP contribution in [0.2, 0.25) is 5.02 Å². The topological polar surface area (TPSA) is 106 Å². The van der Waals surface area contributed by atoms with Crippen LogP contribution in [-0.4, -0.2) is 37.7 Å². The molecule has 0 radical (unpaired) electrons. The minimum absolute atomic E-state index is 0.236. The van der Waals surface area contributed by atoms with Crippen LogP contribution in [0.5, 0.6) is 11.5 Å². The fourth-order valence-electron chi connectivity index (χ4n) is 2.63. The van der Waals surface area contributed by atoms with Gasteiger partial charge in [-0.25, -0.2) is 10.2 Å². The van der Waals surface area contributed by atoms with Gasteiger partial charge in [0.1, 0.15) is 11.5 Å². The first kappa shape index (κ1) is 23.5. The fraction of sp³-hybridized carbons (Fsp3) is 0.0833. The molecule has 168 valence electrons. The largest absolute Gasteiger partial charge is 0.497 e. The molecule has 8 nitrogen and oxygen atoms in total. The Hall–Kier alpha value is -4.17. The average molecular weight is 466 g/mol. The van der Waals surface area contributed by atoms with Crippen molar-refractivity contribution in [3.8, 4) is 11.5 Å². The van der Waals surface area contributed by atoms with Crippen molar-refractivity contribution >= 4 is 35.6 Å².